The van der Waals surface area contributed by atoms with Crippen LogP contribution in [-0.2, 0) is 20.7 Å². The van der Waals surface area contributed by atoms with Crippen LogP contribution < -0.4 is 19.5 Å². The van der Waals surface area contributed by atoms with Crippen molar-refractivity contribution in [2.75, 3.05) is 13.2 Å². The zero-order valence-corrected chi connectivity index (χ0v) is 24.3. The van der Waals surface area contributed by atoms with Gasteiger partial charge in [0.05, 0.1) is 4.91 Å². The highest BCUT2D eigenvalue weighted by Gasteiger charge is 2.36. The minimum absolute atomic E-state index is 0.149. The summed E-state index contributed by atoms with van der Waals surface area (Å²) >= 11 is 0.890. The minimum atomic E-state index is -0.565. The molecule has 9 heteroatoms. The molecule has 8 nitrogen and oxygen atoms in total. The predicted octanol–water partition coefficient (Wildman–Crippen LogP) is 5.82. The van der Waals surface area contributed by atoms with Crippen LogP contribution in [0.2, 0.25) is 0 Å². The highest BCUT2D eigenvalue weighted by molar-refractivity contribution is 8.18. The Kier molecular flexibility index (Phi) is 8.02. The fourth-order valence-corrected chi connectivity index (χ4v) is 5.25. The molecule has 2 aliphatic rings. The molecule has 2 aliphatic heterocycles. The van der Waals surface area contributed by atoms with E-state index in [1.165, 1.54) is 0 Å². The fourth-order valence-electron chi connectivity index (χ4n) is 4.57. The summed E-state index contributed by atoms with van der Waals surface area (Å²) in [6.45, 7) is 13.7. The zero-order valence-electron chi connectivity index (χ0n) is 23.5. The number of carbonyl (C=O) groups is 3. The zero-order chi connectivity index (χ0) is 28.5. The Morgan fingerprint density at radius 1 is 1.08 bits per heavy atom. The van der Waals surface area contributed by atoms with E-state index in [2.05, 4.69) is 5.32 Å². The summed E-state index contributed by atoms with van der Waals surface area (Å²) in [6, 6.07) is 7.35. The van der Waals surface area contributed by atoms with Gasteiger partial charge in [0.25, 0.3) is 11.1 Å². The lowest BCUT2D eigenvalue weighted by Crippen LogP contribution is -2.42. The highest BCUT2D eigenvalue weighted by Crippen LogP contribution is 2.44. The van der Waals surface area contributed by atoms with Crippen molar-refractivity contribution < 1.29 is 33.3 Å². The van der Waals surface area contributed by atoms with Crippen LogP contribution in [0.4, 0.5) is 4.79 Å². The van der Waals surface area contributed by atoms with Gasteiger partial charge in [-0.25, -0.2) is 4.79 Å². The van der Waals surface area contributed by atoms with Crippen molar-refractivity contribution in [3.63, 3.8) is 0 Å². The monoisotopic (exact) mass is 553 g/mol. The van der Waals surface area contributed by atoms with Gasteiger partial charge in [0.15, 0.2) is 6.61 Å². The van der Waals surface area contributed by atoms with E-state index in [1.54, 1.807) is 6.08 Å². The first-order valence-electron chi connectivity index (χ1n) is 12.9. The summed E-state index contributed by atoms with van der Waals surface area (Å²) in [5, 5.41) is 1.89. The Bertz CT molecular complexity index is 1340. The lowest BCUT2D eigenvalue weighted by atomic mass is 9.87. The molecule has 39 heavy (non-hydrogen) atoms. The van der Waals surface area contributed by atoms with E-state index >= 15 is 0 Å². The summed E-state index contributed by atoms with van der Waals surface area (Å²) in [5.41, 5.74) is 3.67. The molecular formula is C30H35NO7S. The second-order valence-corrected chi connectivity index (χ2v) is 12.2. The van der Waals surface area contributed by atoms with Crippen LogP contribution in [0.3, 0.4) is 0 Å². The third-order valence-corrected chi connectivity index (χ3v) is 7.49. The first-order valence-corrected chi connectivity index (χ1v) is 13.7. The molecule has 0 saturated carbocycles. The molecule has 2 aromatic carbocycles. The summed E-state index contributed by atoms with van der Waals surface area (Å²) in [5.74, 6) is 1.45. The van der Waals surface area contributed by atoms with Gasteiger partial charge in [-0.1, -0.05) is 12.1 Å². The first kappa shape index (κ1) is 28.5. The average Bonchev–Trinajstić information content (AvgIpc) is 3.17. The molecule has 1 fully saturated rings. The van der Waals surface area contributed by atoms with Gasteiger partial charge < -0.3 is 18.9 Å². The molecule has 0 aromatic heterocycles. The number of nitrogens with one attached hydrogen (secondary N) is 1. The summed E-state index contributed by atoms with van der Waals surface area (Å²) in [7, 11) is 0. The maximum atomic E-state index is 12.2. The second-order valence-electron chi connectivity index (χ2n) is 11.1. The molecule has 4 rings (SSSR count). The molecule has 208 valence electrons. The first-order chi connectivity index (χ1) is 18.2. The van der Waals surface area contributed by atoms with E-state index in [0.717, 1.165) is 58.2 Å². The van der Waals surface area contributed by atoms with Gasteiger partial charge in [0, 0.05) is 5.56 Å². The van der Waals surface area contributed by atoms with Crippen molar-refractivity contribution >= 4 is 35.0 Å². The van der Waals surface area contributed by atoms with Crippen molar-refractivity contribution in [1.29, 1.82) is 0 Å². The number of carbonyl (C=O) groups excluding carboxylic acids is 3. The third-order valence-electron chi connectivity index (χ3n) is 6.68. The van der Waals surface area contributed by atoms with Crippen molar-refractivity contribution in [1.82, 2.24) is 5.32 Å². The topological polar surface area (TPSA) is 100 Å². The Morgan fingerprint density at radius 2 is 1.77 bits per heavy atom. The van der Waals surface area contributed by atoms with E-state index in [1.807, 2.05) is 72.7 Å². The van der Waals surface area contributed by atoms with E-state index in [9.17, 15) is 14.4 Å². The van der Waals surface area contributed by atoms with Gasteiger partial charge >= 0.3 is 5.97 Å². The van der Waals surface area contributed by atoms with E-state index in [-0.39, 0.29) is 17.8 Å². The van der Waals surface area contributed by atoms with Crippen LogP contribution in [0.25, 0.3) is 6.08 Å². The van der Waals surface area contributed by atoms with Gasteiger partial charge in [-0.15, -0.1) is 0 Å². The van der Waals surface area contributed by atoms with Gasteiger partial charge in [-0.05, 0) is 114 Å². The van der Waals surface area contributed by atoms with Gasteiger partial charge in [0.1, 0.15) is 35.1 Å². The fraction of sp³-hybridized carbons (Fsp3) is 0.433. The number of thioether (sulfide) groups is 1. The van der Waals surface area contributed by atoms with Gasteiger partial charge in [0.2, 0.25) is 0 Å². The maximum Gasteiger partial charge on any atom is 0.344 e. The van der Waals surface area contributed by atoms with Crippen molar-refractivity contribution in [2.24, 2.45) is 0 Å². The molecule has 2 aromatic rings. The third kappa shape index (κ3) is 6.76. The molecule has 2 heterocycles. The van der Waals surface area contributed by atoms with Crippen molar-refractivity contribution in [2.45, 2.75) is 72.5 Å². The van der Waals surface area contributed by atoms with Crippen LogP contribution in [-0.4, -0.2) is 41.5 Å². The number of imide groups is 1. The number of amides is 2. The highest BCUT2D eigenvalue weighted by atomic mass is 32.2. The number of benzene rings is 2. The molecule has 2 amide bonds. The van der Waals surface area contributed by atoms with Crippen molar-refractivity contribution in [3.8, 4) is 17.2 Å². The molecule has 1 N–H and O–H groups in total. The lowest BCUT2D eigenvalue weighted by molar-refractivity contribution is -0.157. The Labute approximate surface area is 233 Å². The number of esters is 1. The minimum Gasteiger partial charge on any atom is -0.489 e. The van der Waals surface area contributed by atoms with Crippen molar-refractivity contribution in [3.05, 3.63) is 57.0 Å². The van der Waals surface area contributed by atoms with E-state index < -0.39 is 17.2 Å². The van der Waals surface area contributed by atoms with Gasteiger partial charge in [-0.2, -0.15) is 0 Å². The van der Waals surface area contributed by atoms with Crippen LogP contribution in [0, 0.1) is 20.8 Å². The molecule has 1 unspecified atom stereocenters. The average molecular weight is 554 g/mol. The predicted molar refractivity (Wildman–Crippen MR) is 150 cm³/mol. The summed E-state index contributed by atoms with van der Waals surface area (Å²) < 4.78 is 24.0. The van der Waals surface area contributed by atoms with Gasteiger partial charge in [-0.3, -0.25) is 14.9 Å². The molecule has 0 spiro atoms. The Hall–Kier alpha value is -3.46. The SMILES string of the molecule is Cc1c(C)c2c(c(C)c1OCC(=O)OC(C)(C)C)CCC(C)(COc1ccc(C=C3SC(=O)NC3=O)cc1)O2. The Balaban J connectivity index is 1.42. The van der Waals surface area contributed by atoms with Crippen LogP contribution >= 0.6 is 11.8 Å². The molecule has 1 saturated heterocycles. The molecule has 0 aliphatic carbocycles. The summed E-state index contributed by atoms with van der Waals surface area (Å²) in [4.78, 5) is 35.7. The quantitative estimate of drug-likeness (QED) is 0.338. The van der Waals surface area contributed by atoms with Crippen LogP contribution in [0.5, 0.6) is 17.2 Å². The Morgan fingerprint density at radius 3 is 2.38 bits per heavy atom. The normalized spacial score (nSPS) is 19.8. The maximum absolute atomic E-state index is 12.2. The molecular weight excluding hydrogens is 518 g/mol. The largest absolute Gasteiger partial charge is 0.489 e. The molecule has 1 atom stereocenters. The lowest BCUT2D eigenvalue weighted by Gasteiger charge is -2.38. The second kappa shape index (κ2) is 11.0. The molecule has 0 bridgehead atoms. The van der Waals surface area contributed by atoms with Crippen LogP contribution in [0.1, 0.15) is 61.9 Å². The number of hydrogen-bond donors (Lipinski definition) is 1. The smallest absolute Gasteiger partial charge is 0.344 e. The van der Waals surface area contributed by atoms with Crippen LogP contribution in [0.15, 0.2) is 29.2 Å². The van der Waals surface area contributed by atoms with E-state index in [4.69, 9.17) is 18.9 Å². The number of ether oxygens (including phenoxy) is 4. The number of hydrogen-bond acceptors (Lipinski definition) is 8. The molecule has 0 radical (unpaired) electrons. The standard InChI is InChI=1S/C30H35NO7S/c1-17-18(2)26-22(19(3)25(17)35-15-24(32)37-29(4,5)6)12-13-30(7,38-26)16-36-21-10-8-20(9-11-21)14-23-27(33)31-28(34)39-23/h8-11,14H,12-13,15-16H2,1-7H3,(H,31,33,34). The summed E-state index contributed by atoms with van der Waals surface area (Å²) in [6.07, 6.45) is 3.21. The van der Waals surface area contributed by atoms with E-state index in [0.29, 0.717) is 23.0 Å². The number of rotatable bonds is 7. The number of fused-ring (bicyclic) bond motifs is 1.